The van der Waals surface area contributed by atoms with Gasteiger partial charge in [-0.05, 0) is 25.2 Å². The fourth-order valence-corrected chi connectivity index (χ4v) is 3.51. The Hall–Kier alpha value is -1.79. The monoisotopic (exact) mass is 297 g/mol. The molecule has 0 aromatic rings. The van der Waals surface area contributed by atoms with Gasteiger partial charge in [0.05, 0.1) is 0 Å². The quantitative estimate of drug-likeness (QED) is 0.794. The Morgan fingerprint density at radius 3 is 2.57 bits per heavy atom. The molecule has 7 nitrogen and oxygen atoms in total. The lowest BCUT2D eigenvalue weighted by atomic mass is 9.85. The minimum atomic E-state index is -0.953. The van der Waals surface area contributed by atoms with Crippen LogP contribution in [0.5, 0.6) is 0 Å². The molecule has 0 bridgehead atoms. The molecule has 1 saturated carbocycles. The maximum absolute atomic E-state index is 12.6. The highest BCUT2D eigenvalue weighted by Gasteiger charge is 2.48. The van der Waals surface area contributed by atoms with Gasteiger partial charge >= 0.3 is 12.0 Å². The fraction of sp³-hybridized carbons (Fsp3) is 0.786. The van der Waals surface area contributed by atoms with E-state index >= 15 is 0 Å². The molecule has 0 aromatic heterocycles. The number of likely N-dealkylation sites (tertiary alicyclic amines) is 1. The molecule has 0 aromatic carbocycles. The van der Waals surface area contributed by atoms with Gasteiger partial charge in [-0.25, -0.2) is 9.59 Å². The van der Waals surface area contributed by atoms with Gasteiger partial charge in [-0.1, -0.05) is 12.8 Å². The summed E-state index contributed by atoms with van der Waals surface area (Å²) in [5, 5.41) is 11.9. The van der Waals surface area contributed by atoms with Crippen molar-refractivity contribution in [2.75, 3.05) is 20.6 Å². The third-order valence-electron chi connectivity index (χ3n) is 4.58. The molecule has 1 aliphatic heterocycles. The van der Waals surface area contributed by atoms with E-state index < -0.39 is 12.0 Å². The molecule has 2 aliphatic rings. The number of carboxylic acid groups (broad SMARTS) is 1. The average Bonchev–Trinajstić information content (AvgIpc) is 2.85. The number of rotatable bonds is 3. The van der Waals surface area contributed by atoms with E-state index in [1.165, 1.54) is 23.9 Å². The summed E-state index contributed by atoms with van der Waals surface area (Å²) < 4.78 is 0. The molecule has 21 heavy (non-hydrogen) atoms. The lowest BCUT2D eigenvalue weighted by Crippen LogP contribution is -2.52. The van der Waals surface area contributed by atoms with E-state index in [4.69, 9.17) is 0 Å². The Bertz CT molecular complexity index is 440. The van der Waals surface area contributed by atoms with Gasteiger partial charge < -0.3 is 20.2 Å². The van der Waals surface area contributed by atoms with E-state index in [0.717, 1.165) is 25.7 Å². The number of aliphatic carboxylic acids is 1. The zero-order valence-electron chi connectivity index (χ0n) is 12.5. The van der Waals surface area contributed by atoms with E-state index in [0.29, 0.717) is 6.42 Å². The zero-order valence-corrected chi connectivity index (χ0v) is 12.5. The fourth-order valence-electron chi connectivity index (χ4n) is 3.51. The van der Waals surface area contributed by atoms with E-state index in [9.17, 15) is 19.5 Å². The van der Waals surface area contributed by atoms with Crippen molar-refractivity contribution in [3.05, 3.63) is 0 Å². The lowest BCUT2D eigenvalue weighted by Gasteiger charge is -2.35. The Kier molecular flexibility index (Phi) is 4.69. The first-order valence-corrected chi connectivity index (χ1v) is 7.42. The highest BCUT2D eigenvalue weighted by molar-refractivity contribution is 5.87. The molecule has 118 valence electrons. The summed E-state index contributed by atoms with van der Waals surface area (Å²) in [4.78, 5) is 38.2. The maximum atomic E-state index is 12.6. The third-order valence-corrected chi connectivity index (χ3v) is 4.58. The Balaban J connectivity index is 2.14. The molecule has 2 fully saturated rings. The number of fused-ring (bicyclic) bond motifs is 1. The van der Waals surface area contributed by atoms with Gasteiger partial charge in [0.2, 0.25) is 5.91 Å². The predicted octanol–water partition coefficient (Wildman–Crippen LogP) is 0.502. The van der Waals surface area contributed by atoms with Crippen molar-refractivity contribution in [1.29, 1.82) is 0 Å². The molecule has 1 saturated heterocycles. The first kappa shape index (κ1) is 15.6. The summed E-state index contributed by atoms with van der Waals surface area (Å²) in [7, 11) is 3.04. The summed E-state index contributed by atoms with van der Waals surface area (Å²) in [6, 6.07) is -1.13. The number of carbonyl (C=O) groups is 3. The van der Waals surface area contributed by atoms with Gasteiger partial charge in [-0.15, -0.1) is 0 Å². The number of nitrogens with zero attached hydrogens (tertiary/aromatic N) is 2. The number of hydrogen-bond acceptors (Lipinski definition) is 3. The van der Waals surface area contributed by atoms with Crippen LogP contribution in [0.2, 0.25) is 0 Å². The van der Waals surface area contributed by atoms with Crippen LogP contribution in [0.25, 0.3) is 0 Å². The largest absolute Gasteiger partial charge is 0.480 e. The van der Waals surface area contributed by atoms with E-state index in [2.05, 4.69) is 5.32 Å². The summed E-state index contributed by atoms with van der Waals surface area (Å²) in [6.07, 6.45) is 4.49. The molecule has 2 rings (SSSR count). The first-order valence-electron chi connectivity index (χ1n) is 7.42. The van der Waals surface area contributed by atoms with Gasteiger partial charge in [-0.2, -0.15) is 0 Å². The Morgan fingerprint density at radius 2 is 1.95 bits per heavy atom. The van der Waals surface area contributed by atoms with Crippen molar-refractivity contribution in [2.24, 2.45) is 5.92 Å². The third kappa shape index (κ3) is 3.11. The predicted molar refractivity (Wildman–Crippen MR) is 75.7 cm³/mol. The molecule has 3 amide bonds. The van der Waals surface area contributed by atoms with Crippen LogP contribution >= 0.6 is 0 Å². The van der Waals surface area contributed by atoms with Gasteiger partial charge in [0.25, 0.3) is 0 Å². The van der Waals surface area contributed by atoms with Crippen molar-refractivity contribution >= 4 is 17.9 Å². The molecule has 1 aliphatic carbocycles. The van der Waals surface area contributed by atoms with Crippen molar-refractivity contribution in [2.45, 2.75) is 44.2 Å². The van der Waals surface area contributed by atoms with Crippen LogP contribution in [0, 0.1) is 5.92 Å². The standard InChI is InChI=1S/C14H23N3O4/c1-15-12(18)8-16(2)14(21)17-10-6-4-3-5-9(10)7-11(17)13(19)20/h9-11H,3-8H2,1-2H3,(H,15,18)(H,19,20). The first-order chi connectivity index (χ1) is 9.95. The van der Waals surface area contributed by atoms with Gasteiger partial charge in [-0.3, -0.25) is 4.79 Å². The number of hydrogen-bond donors (Lipinski definition) is 2. The maximum Gasteiger partial charge on any atom is 0.326 e. The second-order valence-electron chi connectivity index (χ2n) is 5.92. The second kappa shape index (κ2) is 6.32. The van der Waals surface area contributed by atoms with Gasteiger partial charge in [0, 0.05) is 20.1 Å². The Labute approximate surface area is 124 Å². The number of carboxylic acids is 1. The number of carbonyl (C=O) groups excluding carboxylic acids is 2. The minimum absolute atomic E-state index is 0.000474. The molecular formula is C14H23N3O4. The summed E-state index contributed by atoms with van der Waals surface area (Å²) >= 11 is 0. The molecule has 3 atom stereocenters. The van der Waals surface area contributed by atoms with Gasteiger partial charge in [0.15, 0.2) is 0 Å². The van der Waals surface area contributed by atoms with Gasteiger partial charge in [0.1, 0.15) is 12.6 Å². The molecule has 3 unspecified atom stereocenters. The van der Waals surface area contributed by atoms with Crippen molar-refractivity contribution in [3.63, 3.8) is 0 Å². The van der Waals surface area contributed by atoms with Crippen molar-refractivity contribution < 1.29 is 19.5 Å². The average molecular weight is 297 g/mol. The van der Waals surface area contributed by atoms with Crippen LogP contribution in [0.3, 0.4) is 0 Å². The van der Waals surface area contributed by atoms with Crippen molar-refractivity contribution in [1.82, 2.24) is 15.1 Å². The number of nitrogens with one attached hydrogen (secondary N) is 1. The zero-order chi connectivity index (χ0) is 15.6. The minimum Gasteiger partial charge on any atom is -0.480 e. The lowest BCUT2D eigenvalue weighted by molar-refractivity contribution is -0.141. The molecule has 2 N–H and O–H groups in total. The van der Waals surface area contributed by atoms with Crippen LogP contribution in [-0.4, -0.2) is 65.5 Å². The van der Waals surface area contributed by atoms with Crippen LogP contribution in [-0.2, 0) is 9.59 Å². The molecule has 0 spiro atoms. The van der Waals surface area contributed by atoms with Crippen LogP contribution in [0.1, 0.15) is 32.1 Å². The second-order valence-corrected chi connectivity index (χ2v) is 5.92. The SMILES string of the molecule is CNC(=O)CN(C)C(=O)N1C(C(=O)O)CC2CCCCC21. The summed E-state index contributed by atoms with van der Waals surface area (Å²) in [5.74, 6) is -0.944. The Morgan fingerprint density at radius 1 is 1.29 bits per heavy atom. The number of likely N-dealkylation sites (N-methyl/N-ethyl adjacent to an activating group) is 2. The molecule has 0 radical (unpaired) electrons. The van der Waals surface area contributed by atoms with Crippen LogP contribution < -0.4 is 5.32 Å². The highest BCUT2D eigenvalue weighted by Crippen LogP contribution is 2.40. The van der Waals surface area contributed by atoms with E-state index in [1.807, 2.05) is 0 Å². The topological polar surface area (TPSA) is 90.0 Å². The van der Waals surface area contributed by atoms with Crippen molar-refractivity contribution in [3.8, 4) is 0 Å². The summed E-state index contributed by atoms with van der Waals surface area (Å²) in [6.45, 7) is -0.0600. The molecular weight excluding hydrogens is 274 g/mol. The van der Waals surface area contributed by atoms with Crippen LogP contribution in [0.4, 0.5) is 4.79 Å². The normalized spacial score (nSPS) is 27.9. The number of urea groups is 1. The number of amides is 3. The van der Waals surface area contributed by atoms with E-state index in [1.54, 1.807) is 0 Å². The summed E-state index contributed by atoms with van der Waals surface area (Å²) in [5.41, 5.74) is 0. The van der Waals surface area contributed by atoms with E-state index in [-0.39, 0.29) is 30.4 Å². The molecule has 7 heteroatoms. The molecule has 1 heterocycles. The van der Waals surface area contributed by atoms with Crippen LogP contribution in [0.15, 0.2) is 0 Å². The smallest absolute Gasteiger partial charge is 0.326 e. The highest BCUT2D eigenvalue weighted by atomic mass is 16.4.